The van der Waals surface area contributed by atoms with Gasteiger partial charge in [-0.15, -0.1) is 0 Å². The smallest absolute Gasteiger partial charge is 0.168 e. The van der Waals surface area contributed by atoms with E-state index in [1.807, 2.05) is 36.1 Å². The molecule has 0 amide bonds. The van der Waals surface area contributed by atoms with Gasteiger partial charge in [0.1, 0.15) is 7.05 Å². The van der Waals surface area contributed by atoms with E-state index in [1.165, 1.54) is 22.3 Å². The van der Waals surface area contributed by atoms with Crippen LogP contribution < -0.4 is 4.57 Å². The summed E-state index contributed by atoms with van der Waals surface area (Å²) in [6.45, 7) is 4.16. The SMILES string of the molecule is CC=C(c1ccccc1)c1ccccc1.Cc1cc[n+](C)cc1. The molecule has 116 valence electrons. The standard InChI is InChI=1S/C15H14.C7H10N/c1-2-15(13-9-5-3-6-10-13)14-11-7-4-8-12-14;1-7-3-5-8(2)6-4-7/h2-12H,1H3;3-6H,1-2H3/q;+1. The van der Waals surface area contributed by atoms with Gasteiger partial charge in [0, 0.05) is 12.1 Å². The van der Waals surface area contributed by atoms with E-state index >= 15 is 0 Å². The first-order chi connectivity index (χ1) is 11.2. The van der Waals surface area contributed by atoms with E-state index in [-0.39, 0.29) is 0 Å². The molecule has 3 rings (SSSR count). The van der Waals surface area contributed by atoms with E-state index in [4.69, 9.17) is 0 Å². The minimum Gasteiger partial charge on any atom is -0.208 e. The Morgan fingerprint density at radius 1 is 0.739 bits per heavy atom. The van der Waals surface area contributed by atoms with E-state index in [0.717, 1.165) is 0 Å². The minimum atomic E-state index is 1.27. The van der Waals surface area contributed by atoms with Crippen LogP contribution in [0.3, 0.4) is 0 Å². The molecular weight excluding hydrogens is 278 g/mol. The molecule has 23 heavy (non-hydrogen) atoms. The second kappa shape index (κ2) is 8.70. The molecule has 0 saturated heterocycles. The first kappa shape index (κ1) is 16.7. The molecule has 0 bridgehead atoms. The minimum absolute atomic E-state index is 1.27. The van der Waals surface area contributed by atoms with Crippen LogP contribution in [0.25, 0.3) is 5.57 Å². The van der Waals surface area contributed by atoms with Crippen LogP contribution in [0, 0.1) is 6.92 Å². The highest BCUT2D eigenvalue weighted by Gasteiger charge is 2.01. The molecule has 2 aromatic carbocycles. The molecule has 0 N–H and O–H groups in total. The summed E-state index contributed by atoms with van der Waals surface area (Å²) in [5.41, 5.74) is 5.14. The average Bonchev–Trinajstić information content (AvgIpc) is 2.61. The number of aromatic nitrogens is 1. The van der Waals surface area contributed by atoms with Crippen molar-refractivity contribution < 1.29 is 4.57 Å². The number of aryl methyl sites for hydroxylation is 2. The van der Waals surface area contributed by atoms with E-state index in [2.05, 4.69) is 80.6 Å². The number of hydrogen-bond donors (Lipinski definition) is 0. The van der Waals surface area contributed by atoms with Crippen molar-refractivity contribution in [2.24, 2.45) is 7.05 Å². The van der Waals surface area contributed by atoms with Crippen LogP contribution in [-0.2, 0) is 7.05 Å². The van der Waals surface area contributed by atoms with Crippen LogP contribution in [0.1, 0.15) is 23.6 Å². The van der Waals surface area contributed by atoms with Gasteiger partial charge in [-0.1, -0.05) is 66.7 Å². The first-order valence-electron chi connectivity index (χ1n) is 7.90. The lowest BCUT2D eigenvalue weighted by Crippen LogP contribution is -2.25. The number of benzene rings is 2. The van der Waals surface area contributed by atoms with Gasteiger partial charge in [-0.05, 0) is 36.1 Å². The summed E-state index contributed by atoms with van der Waals surface area (Å²) in [6.07, 6.45) is 6.23. The van der Waals surface area contributed by atoms with Crippen LogP contribution >= 0.6 is 0 Å². The maximum absolute atomic E-state index is 2.16. The van der Waals surface area contributed by atoms with Gasteiger partial charge < -0.3 is 0 Å². The summed E-state index contributed by atoms with van der Waals surface area (Å²) in [7, 11) is 2.01. The van der Waals surface area contributed by atoms with Crippen LogP contribution in [-0.4, -0.2) is 0 Å². The van der Waals surface area contributed by atoms with Gasteiger partial charge >= 0.3 is 0 Å². The summed E-state index contributed by atoms with van der Waals surface area (Å²) in [5, 5.41) is 0. The Morgan fingerprint density at radius 3 is 1.52 bits per heavy atom. The lowest BCUT2D eigenvalue weighted by Gasteiger charge is -2.06. The van der Waals surface area contributed by atoms with Crippen molar-refractivity contribution in [2.45, 2.75) is 13.8 Å². The Balaban J connectivity index is 0.000000203. The van der Waals surface area contributed by atoms with Crippen LogP contribution in [0.15, 0.2) is 91.3 Å². The monoisotopic (exact) mass is 302 g/mol. The third-order valence-corrected chi connectivity index (χ3v) is 3.60. The third kappa shape index (κ3) is 5.23. The zero-order valence-electron chi connectivity index (χ0n) is 14.1. The number of rotatable bonds is 2. The van der Waals surface area contributed by atoms with Crippen molar-refractivity contribution in [3.05, 3.63) is 108 Å². The molecule has 1 heteroatoms. The van der Waals surface area contributed by atoms with Gasteiger partial charge in [0.05, 0.1) is 0 Å². The third-order valence-electron chi connectivity index (χ3n) is 3.60. The molecule has 0 aliphatic heterocycles. The molecule has 0 fully saturated rings. The van der Waals surface area contributed by atoms with Gasteiger partial charge in [0.15, 0.2) is 12.4 Å². The molecular formula is C22H24N+. The van der Waals surface area contributed by atoms with Crippen molar-refractivity contribution in [2.75, 3.05) is 0 Å². The Hall–Kier alpha value is -2.67. The number of hydrogen-bond acceptors (Lipinski definition) is 0. The lowest BCUT2D eigenvalue weighted by molar-refractivity contribution is -0.671. The van der Waals surface area contributed by atoms with Gasteiger partial charge in [0.25, 0.3) is 0 Å². The first-order valence-corrected chi connectivity index (χ1v) is 7.90. The molecule has 0 aliphatic carbocycles. The Kier molecular flexibility index (Phi) is 6.31. The van der Waals surface area contributed by atoms with Gasteiger partial charge in [-0.2, -0.15) is 0 Å². The summed E-state index contributed by atoms with van der Waals surface area (Å²) in [5.74, 6) is 0. The van der Waals surface area contributed by atoms with Crippen molar-refractivity contribution in [1.82, 2.24) is 0 Å². The summed E-state index contributed by atoms with van der Waals surface area (Å²) < 4.78 is 2.02. The average molecular weight is 302 g/mol. The molecule has 1 aromatic heterocycles. The highest BCUT2D eigenvalue weighted by molar-refractivity contribution is 5.79. The molecule has 0 unspecified atom stereocenters. The summed E-state index contributed by atoms with van der Waals surface area (Å²) in [6, 6.07) is 25.1. The van der Waals surface area contributed by atoms with Crippen LogP contribution in [0.5, 0.6) is 0 Å². The molecule has 0 radical (unpaired) electrons. The number of pyridine rings is 1. The van der Waals surface area contributed by atoms with Gasteiger partial charge in [-0.25, -0.2) is 4.57 Å². The van der Waals surface area contributed by atoms with E-state index < -0.39 is 0 Å². The Morgan fingerprint density at radius 2 is 1.17 bits per heavy atom. The predicted octanol–water partition coefficient (Wildman–Crippen LogP) is 4.96. The summed E-state index contributed by atoms with van der Waals surface area (Å²) in [4.78, 5) is 0. The number of allylic oxidation sites excluding steroid dienone is 1. The zero-order chi connectivity index (χ0) is 16.5. The van der Waals surface area contributed by atoms with Crippen molar-refractivity contribution in [3.63, 3.8) is 0 Å². The molecule has 0 atom stereocenters. The Bertz CT molecular complexity index is 663. The fourth-order valence-electron chi connectivity index (χ4n) is 2.31. The highest BCUT2D eigenvalue weighted by atomic mass is 14.9. The second-order valence-electron chi connectivity index (χ2n) is 5.48. The Labute approximate surface area is 139 Å². The van der Waals surface area contributed by atoms with Crippen molar-refractivity contribution >= 4 is 5.57 Å². The zero-order valence-corrected chi connectivity index (χ0v) is 14.1. The van der Waals surface area contributed by atoms with Crippen LogP contribution in [0.2, 0.25) is 0 Å². The van der Waals surface area contributed by atoms with Gasteiger partial charge in [0.2, 0.25) is 0 Å². The summed E-state index contributed by atoms with van der Waals surface area (Å²) >= 11 is 0. The largest absolute Gasteiger partial charge is 0.208 e. The van der Waals surface area contributed by atoms with Crippen LogP contribution in [0.4, 0.5) is 0 Å². The quantitative estimate of drug-likeness (QED) is 0.589. The van der Waals surface area contributed by atoms with E-state index in [0.29, 0.717) is 0 Å². The number of nitrogens with zero attached hydrogens (tertiary/aromatic N) is 1. The van der Waals surface area contributed by atoms with E-state index in [1.54, 1.807) is 0 Å². The van der Waals surface area contributed by atoms with Gasteiger partial charge in [-0.3, -0.25) is 0 Å². The predicted molar refractivity (Wildman–Crippen MR) is 98.0 cm³/mol. The topological polar surface area (TPSA) is 3.88 Å². The van der Waals surface area contributed by atoms with E-state index in [9.17, 15) is 0 Å². The van der Waals surface area contributed by atoms with Crippen molar-refractivity contribution in [3.8, 4) is 0 Å². The molecule has 1 nitrogen and oxygen atoms in total. The lowest BCUT2D eigenvalue weighted by atomic mass is 9.98. The molecule has 0 aliphatic rings. The maximum atomic E-state index is 2.16. The second-order valence-corrected chi connectivity index (χ2v) is 5.48. The fraction of sp³-hybridized carbons (Fsp3) is 0.136. The fourth-order valence-corrected chi connectivity index (χ4v) is 2.31. The van der Waals surface area contributed by atoms with Crippen molar-refractivity contribution in [1.29, 1.82) is 0 Å². The molecule has 0 saturated carbocycles. The molecule has 1 heterocycles. The maximum Gasteiger partial charge on any atom is 0.168 e. The molecule has 0 spiro atoms. The highest BCUT2D eigenvalue weighted by Crippen LogP contribution is 2.22. The normalized spacial score (nSPS) is 9.52. The molecule has 3 aromatic rings.